The third-order valence-corrected chi connectivity index (χ3v) is 4.83. The van der Waals surface area contributed by atoms with Crippen LogP contribution in [0.5, 0.6) is 0 Å². The largest absolute Gasteiger partial charge is 0.377 e. The molecular weight excluding hydrogens is 304 g/mol. The lowest BCUT2D eigenvalue weighted by molar-refractivity contribution is 0.0314. The molecule has 2 atom stereocenters. The standard InChI is InChI=1S/C15H21BrN2O/c1-17-10-15(4-5-19-14(15)12-2-3-12)7-11-6-13(16)9-18-8-11/h6,8-9,12,14,17H,2-5,7,10H2,1H3. The van der Waals surface area contributed by atoms with Gasteiger partial charge in [0.2, 0.25) is 0 Å². The first-order valence-corrected chi connectivity index (χ1v) is 7.88. The quantitative estimate of drug-likeness (QED) is 0.904. The highest BCUT2D eigenvalue weighted by molar-refractivity contribution is 9.10. The predicted molar refractivity (Wildman–Crippen MR) is 79.1 cm³/mol. The molecule has 2 fully saturated rings. The zero-order chi connectivity index (χ0) is 13.3. The molecule has 1 saturated carbocycles. The van der Waals surface area contributed by atoms with Gasteiger partial charge in [-0.3, -0.25) is 4.98 Å². The number of aromatic nitrogens is 1. The summed E-state index contributed by atoms with van der Waals surface area (Å²) < 4.78 is 7.14. The Morgan fingerprint density at radius 1 is 1.47 bits per heavy atom. The van der Waals surface area contributed by atoms with Gasteiger partial charge in [-0.15, -0.1) is 0 Å². The number of hydrogen-bond acceptors (Lipinski definition) is 3. The molecule has 2 heterocycles. The summed E-state index contributed by atoms with van der Waals surface area (Å²) in [6.07, 6.45) is 9.16. The molecule has 4 heteroatoms. The van der Waals surface area contributed by atoms with Crippen molar-refractivity contribution < 1.29 is 4.74 Å². The van der Waals surface area contributed by atoms with Crippen molar-refractivity contribution in [3.05, 3.63) is 28.5 Å². The summed E-state index contributed by atoms with van der Waals surface area (Å²) >= 11 is 3.52. The molecule has 0 bridgehead atoms. The highest BCUT2D eigenvalue weighted by atomic mass is 79.9. The zero-order valence-corrected chi connectivity index (χ0v) is 12.9. The summed E-state index contributed by atoms with van der Waals surface area (Å²) in [5, 5.41) is 3.39. The molecule has 1 N–H and O–H groups in total. The number of halogens is 1. The highest BCUT2D eigenvalue weighted by Crippen LogP contribution is 2.49. The van der Waals surface area contributed by atoms with Crippen molar-refractivity contribution in [2.24, 2.45) is 11.3 Å². The van der Waals surface area contributed by atoms with Crippen molar-refractivity contribution in [1.29, 1.82) is 0 Å². The van der Waals surface area contributed by atoms with Crippen LogP contribution in [0.25, 0.3) is 0 Å². The second-order valence-corrected chi connectivity index (χ2v) is 6.88. The Morgan fingerprint density at radius 2 is 2.32 bits per heavy atom. The van der Waals surface area contributed by atoms with Crippen LogP contribution in [0.4, 0.5) is 0 Å². The maximum absolute atomic E-state index is 6.08. The molecule has 0 radical (unpaired) electrons. The van der Waals surface area contributed by atoms with Gasteiger partial charge in [-0.1, -0.05) is 0 Å². The van der Waals surface area contributed by atoms with E-state index in [2.05, 4.69) is 32.3 Å². The molecule has 0 spiro atoms. The summed E-state index contributed by atoms with van der Waals surface area (Å²) in [5.41, 5.74) is 1.55. The number of nitrogens with zero attached hydrogens (tertiary/aromatic N) is 1. The second-order valence-electron chi connectivity index (χ2n) is 5.96. The van der Waals surface area contributed by atoms with Crippen molar-refractivity contribution in [2.45, 2.75) is 31.8 Å². The Morgan fingerprint density at radius 3 is 3.00 bits per heavy atom. The van der Waals surface area contributed by atoms with Crippen LogP contribution < -0.4 is 5.32 Å². The monoisotopic (exact) mass is 324 g/mol. The number of rotatable bonds is 5. The van der Waals surface area contributed by atoms with Crippen LogP contribution in [0.15, 0.2) is 22.9 Å². The molecule has 1 aromatic heterocycles. The predicted octanol–water partition coefficient (Wildman–Crippen LogP) is 2.79. The van der Waals surface area contributed by atoms with E-state index in [1.807, 2.05) is 19.4 Å². The Bertz CT molecular complexity index is 450. The third kappa shape index (κ3) is 2.86. The minimum absolute atomic E-state index is 0.248. The number of ether oxygens (including phenoxy) is 1. The summed E-state index contributed by atoms with van der Waals surface area (Å²) in [7, 11) is 2.04. The molecule has 1 aliphatic carbocycles. The molecule has 2 unspecified atom stereocenters. The van der Waals surface area contributed by atoms with Crippen LogP contribution in [0.2, 0.25) is 0 Å². The van der Waals surface area contributed by atoms with Crippen LogP contribution in [-0.2, 0) is 11.2 Å². The number of hydrogen-bond donors (Lipinski definition) is 1. The van der Waals surface area contributed by atoms with E-state index in [4.69, 9.17) is 4.74 Å². The SMILES string of the molecule is CNCC1(Cc2cncc(Br)c2)CCOC1C1CC1. The first-order chi connectivity index (χ1) is 9.23. The summed E-state index contributed by atoms with van der Waals surface area (Å²) in [4.78, 5) is 4.29. The Hall–Kier alpha value is -0.450. The lowest BCUT2D eigenvalue weighted by Crippen LogP contribution is -2.42. The molecule has 19 heavy (non-hydrogen) atoms. The van der Waals surface area contributed by atoms with Crippen molar-refractivity contribution in [3.63, 3.8) is 0 Å². The maximum atomic E-state index is 6.08. The highest BCUT2D eigenvalue weighted by Gasteiger charge is 2.50. The maximum Gasteiger partial charge on any atom is 0.0675 e. The summed E-state index contributed by atoms with van der Waals surface area (Å²) in [5.74, 6) is 0.788. The number of pyridine rings is 1. The molecule has 1 aliphatic heterocycles. The Kier molecular flexibility index (Phi) is 3.92. The molecule has 0 amide bonds. The Labute approximate surface area is 123 Å². The van der Waals surface area contributed by atoms with Crippen LogP contribution in [0.3, 0.4) is 0 Å². The molecule has 104 valence electrons. The van der Waals surface area contributed by atoms with Crippen LogP contribution in [-0.4, -0.2) is 31.3 Å². The minimum atomic E-state index is 0.248. The van der Waals surface area contributed by atoms with Gasteiger partial charge in [0.1, 0.15) is 0 Å². The van der Waals surface area contributed by atoms with Gasteiger partial charge in [-0.25, -0.2) is 0 Å². The fraction of sp³-hybridized carbons (Fsp3) is 0.667. The van der Waals surface area contributed by atoms with Crippen LogP contribution in [0.1, 0.15) is 24.8 Å². The molecule has 3 rings (SSSR count). The second kappa shape index (κ2) is 5.51. The van der Waals surface area contributed by atoms with Crippen LogP contribution in [0, 0.1) is 11.3 Å². The number of nitrogens with one attached hydrogen (secondary N) is 1. The summed E-state index contributed by atoms with van der Waals surface area (Å²) in [6, 6.07) is 2.19. The topological polar surface area (TPSA) is 34.2 Å². The van der Waals surface area contributed by atoms with E-state index >= 15 is 0 Å². The van der Waals surface area contributed by atoms with Crippen molar-refractivity contribution in [3.8, 4) is 0 Å². The van der Waals surface area contributed by atoms with Crippen molar-refractivity contribution in [1.82, 2.24) is 10.3 Å². The molecule has 1 aromatic rings. The molecule has 3 nitrogen and oxygen atoms in total. The third-order valence-electron chi connectivity index (χ3n) is 4.40. The lowest BCUT2D eigenvalue weighted by Gasteiger charge is -2.34. The van der Waals surface area contributed by atoms with Gasteiger partial charge < -0.3 is 10.1 Å². The van der Waals surface area contributed by atoms with Gasteiger partial charge in [0.05, 0.1) is 6.10 Å². The van der Waals surface area contributed by atoms with E-state index in [1.54, 1.807) is 0 Å². The lowest BCUT2D eigenvalue weighted by atomic mass is 9.74. The van der Waals surface area contributed by atoms with Gasteiger partial charge in [-0.2, -0.15) is 0 Å². The van der Waals surface area contributed by atoms with E-state index in [9.17, 15) is 0 Å². The van der Waals surface area contributed by atoms with E-state index < -0.39 is 0 Å². The van der Waals surface area contributed by atoms with Gasteiger partial charge in [0, 0.05) is 35.4 Å². The molecule has 1 saturated heterocycles. The van der Waals surface area contributed by atoms with Crippen molar-refractivity contribution >= 4 is 15.9 Å². The van der Waals surface area contributed by atoms with E-state index in [-0.39, 0.29) is 5.41 Å². The zero-order valence-electron chi connectivity index (χ0n) is 11.4. The fourth-order valence-electron chi connectivity index (χ4n) is 3.49. The van der Waals surface area contributed by atoms with E-state index in [1.165, 1.54) is 18.4 Å². The van der Waals surface area contributed by atoms with Gasteiger partial charge in [0.15, 0.2) is 0 Å². The first kappa shape index (κ1) is 13.5. The minimum Gasteiger partial charge on any atom is -0.377 e. The van der Waals surface area contributed by atoms with Gasteiger partial charge in [-0.05, 0) is 66.2 Å². The summed E-state index contributed by atoms with van der Waals surface area (Å²) in [6.45, 7) is 1.94. The Balaban J connectivity index is 1.83. The van der Waals surface area contributed by atoms with E-state index in [0.717, 1.165) is 36.4 Å². The first-order valence-electron chi connectivity index (χ1n) is 7.09. The molecule has 0 aromatic carbocycles. The average molecular weight is 325 g/mol. The molecule has 2 aliphatic rings. The van der Waals surface area contributed by atoms with Crippen molar-refractivity contribution in [2.75, 3.05) is 20.2 Å². The molecular formula is C15H21BrN2O. The smallest absolute Gasteiger partial charge is 0.0675 e. The van der Waals surface area contributed by atoms with Crippen LogP contribution >= 0.6 is 15.9 Å². The normalized spacial score (nSPS) is 30.7. The average Bonchev–Trinajstić information content (AvgIpc) is 3.13. The van der Waals surface area contributed by atoms with Gasteiger partial charge >= 0.3 is 0 Å². The van der Waals surface area contributed by atoms with E-state index in [0.29, 0.717) is 6.10 Å². The van der Waals surface area contributed by atoms with Gasteiger partial charge in [0.25, 0.3) is 0 Å². The fourth-order valence-corrected chi connectivity index (χ4v) is 3.91.